The van der Waals surface area contributed by atoms with Crippen LogP contribution in [0.15, 0.2) is 6.08 Å². The highest BCUT2D eigenvalue weighted by molar-refractivity contribution is 5.97. The number of unbranched alkanes of at least 4 members (excludes halogenated alkanes) is 1. The maximum atomic E-state index is 13.0. The Morgan fingerprint density at radius 2 is 2.00 bits per heavy atom. The molecule has 2 N–H and O–H groups in total. The van der Waals surface area contributed by atoms with Gasteiger partial charge in [-0.2, -0.15) is 0 Å². The number of aromatic nitrogens is 2. The highest BCUT2D eigenvalue weighted by Crippen LogP contribution is 2.23. The van der Waals surface area contributed by atoms with Crippen molar-refractivity contribution < 1.29 is 9.59 Å². The van der Waals surface area contributed by atoms with Crippen molar-refractivity contribution in [1.82, 2.24) is 25.1 Å². The minimum atomic E-state index is -0.632. The zero-order valence-electron chi connectivity index (χ0n) is 17.4. The van der Waals surface area contributed by atoms with E-state index in [0.717, 1.165) is 37.4 Å². The smallest absolute Gasteiger partial charge is 0.272 e. The van der Waals surface area contributed by atoms with Crippen LogP contribution in [-0.2, 0) is 17.9 Å². The minimum absolute atomic E-state index is 0.205. The highest BCUT2D eigenvalue weighted by Gasteiger charge is 2.34. The van der Waals surface area contributed by atoms with Crippen molar-refractivity contribution in [3.8, 4) is 0 Å². The second kappa shape index (κ2) is 8.69. The molecule has 27 heavy (non-hydrogen) atoms. The summed E-state index contributed by atoms with van der Waals surface area (Å²) in [6.07, 6.45) is 6.14. The maximum absolute atomic E-state index is 13.0. The highest BCUT2D eigenvalue weighted by atomic mass is 16.2. The van der Waals surface area contributed by atoms with E-state index in [9.17, 15) is 9.59 Å². The molecule has 2 amide bonds. The summed E-state index contributed by atoms with van der Waals surface area (Å²) in [7, 11) is 3.62. The first kappa shape index (κ1) is 21.2. The number of nitrogens with zero attached hydrogens (tertiary/aromatic N) is 3. The van der Waals surface area contributed by atoms with Crippen molar-refractivity contribution in [2.45, 2.75) is 59.7 Å². The Bertz CT molecular complexity index is 715. The molecule has 7 heteroatoms. The first-order valence-electron chi connectivity index (χ1n) is 9.66. The lowest BCUT2D eigenvalue weighted by atomic mass is 9.86. The molecule has 1 aliphatic rings. The van der Waals surface area contributed by atoms with Gasteiger partial charge in [-0.1, -0.05) is 40.2 Å². The fraction of sp³-hybridized carbons (Fsp3) is 0.650. The van der Waals surface area contributed by atoms with Crippen molar-refractivity contribution in [2.24, 2.45) is 5.41 Å². The summed E-state index contributed by atoms with van der Waals surface area (Å²) in [5.74, 6) is 0.306. The molecule has 2 rings (SSSR count). The molecule has 7 nitrogen and oxygen atoms in total. The summed E-state index contributed by atoms with van der Waals surface area (Å²) in [6, 6.07) is -0.632. The van der Waals surface area contributed by atoms with Gasteiger partial charge < -0.3 is 15.2 Å². The number of amides is 2. The molecule has 1 atom stereocenters. The standard InChI is InChI=1S/C20H33N5O2/c1-7-8-9-10-15-22-16(14-13-24(6)11-12-25(14)15)18(26)23-17(19(27)21-5)20(2,3)4/h9-10,17H,7-8,11-13H2,1-6H3,(H,21,27)(H,23,26)/t17-/m1/s1. The van der Waals surface area contributed by atoms with Gasteiger partial charge >= 0.3 is 0 Å². The van der Waals surface area contributed by atoms with E-state index in [0.29, 0.717) is 12.2 Å². The molecule has 0 unspecified atom stereocenters. The molecule has 1 aliphatic heterocycles. The van der Waals surface area contributed by atoms with Crippen molar-refractivity contribution in [2.75, 3.05) is 20.6 Å². The number of carbonyl (C=O) groups excluding carboxylic acids is 2. The van der Waals surface area contributed by atoms with E-state index < -0.39 is 11.5 Å². The van der Waals surface area contributed by atoms with Gasteiger partial charge in [-0.25, -0.2) is 4.98 Å². The zero-order chi connectivity index (χ0) is 20.2. The van der Waals surface area contributed by atoms with E-state index >= 15 is 0 Å². The van der Waals surface area contributed by atoms with Crippen molar-refractivity contribution in [3.05, 3.63) is 23.3 Å². The van der Waals surface area contributed by atoms with E-state index in [4.69, 9.17) is 0 Å². The lowest BCUT2D eigenvalue weighted by Gasteiger charge is -2.30. The number of likely N-dealkylation sites (N-methyl/N-ethyl adjacent to an activating group) is 2. The van der Waals surface area contributed by atoms with E-state index in [1.807, 2.05) is 33.9 Å². The summed E-state index contributed by atoms with van der Waals surface area (Å²) < 4.78 is 2.12. The average molecular weight is 376 g/mol. The van der Waals surface area contributed by atoms with Crippen molar-refractivity contribution >= 4 is 17.9 Å². The van der Waals surface area contributed by atoms with Gasteiger partial charge in [-0.15, -0.1) is 0 Å². The molecule has 1 aromatic rings. The monoisotopic (exact) mass is 375 g/mol. The number of imidazole rings is 1. The largest absolute Gasteiger partial charge is 0.357 e. The molecule has 2 heterocycles. The predicted molar refractivity (Wildman–Crippen MR) is 107 cm³/mol. The van der Waals surface area contributed by atoms with Crippen LogP contribution >= 0.6 is 0 Å². The molecular formula is C20H33N5O2. The molecule has 150 valence electrons. The number of allylic oxidation sites excluding steroid dienone is 1. The van der Waals surface area contributed by atoms with Crippen LogP contribution in [0, 0.1) is 5.41 Å². The van der Waals surface area contributed by atoms with Gasteiger partial charge in [0.15, 0.2) is 5.69 Å². The molecule has 0 saturated carbocycles. The maximum Gasteiger partial charge on any atom is 0.272 e. The third kappa shape index (κ3) is 4.97. The molecule has 0 aliphatic carbocycles. The van der Waals surface area contributed by atoms with E-state index in [1.165, 1.54) is 0 Å². The fourth-order valence-electron chi connectivity index (χ4n) is 3.20. The van der Waals surface area contributed by atoms with Crippen molar-refractivity contribution in [1.29, 1.82) is 0 Å². The van der Waals surface area contributed by atoms with Gasteiger partial charge in [-0.3, -0.25) is 14.5 Å². The number of fused-ring (bicyclic) bond motifs is 1. The van der Waals surface area contributed by atoms with Crippen LogP contribution in [0.1, 0.15) is 62.5 Å². The molecule has 0 radical (unpaired) electrons. The summed E-state index contributed by atoms with van der Waals surface area (Å²) in [5.41, 5.74) is 0.911. The van der Waals surface area contributed by atoms with Crippen LogP contribution in [0.2, 0.25) is 0 Å². The minimum Gasteiger partial charge on any atom is -0.357 e. The van der Waals surface area contributed by atoms with Gasteiger partial charge in [0.05, 0.1) is 5.69 Å². The van der Waals surface area contributed by atoms with Crippen LogP contribution in [0.3, 0.4) is 0 Å². The van der Waals surface area contributed by atoms with E-state index in [2.05, 4.69) is 38.1 Å². The SMILES string of the molecule is CCCC=Cc1nc(C(=O)N[C@H](C(=O)NC)C(C)(C)C)c2n1CCN(C)C2. The summed E-state index contributed by atoms with van der Waals surface area (Å²) in [4.78, 5) is 32.1. The molecule has 0 bridgehead atoms. The Balaban J connectivity index is 2.36. The predicted octanol–water partition coefficient (Wildman–Crippen LogP) is 2.03. The number of carbonyl (C=O) groups is 2. The number of nitrogens with one attached hydrogen (secondary N) is 2. The van der Waals surface area contributed by atoms with Crippen LogP contribution in [0.4, 0.5) is 0 Å². The number of hydrogen-bond donors (Lipinski definition) is 2. The Morgan fingerprint density at radius 3 is 2.59 bits per heavy atom. The van der Waals surface area contributed by atoms with Gasteiger partial charge in [0.2, 0.25) is 5.91 Å². The van der Waals surface area contributed by atoms with Gasteiger partial charge in [0.25, 0.3) is 5.91 Å². The molecule has 0 spiro atoms. The van der Waals surface area contributed by atoms with E-state index in [-0.39, 0.29) is 11.8 Å². The molecule has 0 aromatic carbocycles. The Morgan fingerprint density at radius 1 is 1.30 bits per heavy atom. The summed E-state index contributed by atoms with van der Waals surface area (Å²) in [5, 5.41) is 5.54. The Kier molecular flexibility index (Phi) is 6.81. The second-order valence-electron chi connectivity index (χ2n) is 8.23. The average Bonchev–Trinajstić information content (AvgIpc) is 2.96. The van der Waals surface area contributed by atoms with Crippen molar-refractivity contribution in [3.63, 3.8) is 0 Å². The zero-order valence-corrected chi connectivity index (χ0v) is 17.4. The molecule has 1 aromatic heterocycles. The summed E-state index contributed by atoms with van der Waals surface area (Å²) in [6.45, 7) is 10.3. The quantitative estimate of drug-likeness (QED) is 0.797. The lowest BCUT2D eigenvalue weighted by molar-refractivity contribution is -0.124. The third-order valence-corrected chi connectivity index (χ3v) is 4.81. The number of rotatable bonds is 6. The van der Waals surface area contributed by atoms with Gasteiger partial charge in [-0.05, 0) is 25.0 Å². The van der Waals surface area contributed by atoms with Crippen LogP contribution in [-0.4, -0.2) is 52.9 Å². The molecular weight excluding hydrogens is 342 g/mol. The normalized spacial score (nSPS) is 16.2. The van der Waals surface area contributed by atoms with E-state index in [1.54, 1.807) is 7.05 Å². The number of hydrogen-bond acceptors (Lipinski definition) is 4. The first-order valence-corrected chi connectivity index (χ1v) is 9.66. The second-order valence-corrected chi connectivity index (χ2v) is 8.23. The first-order chi connectivity index (χ1) is 12.7. The van der Waals surface area contributed by atoms with Gasteiger partial charge in [0, 0.05) is 26.7 Å². The van der Waals surface area contributed by atoms with Crippen LogP contribution in [0.25, 0.3) is 6.08 Å². The van der Waals surface area contributed by atoms with Crippen LogP contribution < -0.4 is 10.6 Å². The molecule has 0 fully saturated rings. The lowest BCUT2D eigenvalue weighted by Crippen LogP contribution is -2.53. The molecule has 0 saturated heterocycles. The van der Waals surface area contributed by atoms with Gasteiger partial charge in [0.1, 0.15) is 11.9 Å². The third-order valence-electron chi connectivity index (χ3n) is 4.81. The Labute approximate surface area is 162 Å². The van der Waals surface area contributed by atoms with Crippen LogP contribution in [0.5, 0.6) is 0 Å². The summed E-state index contributed by atoms with van der Waals surface area (Å²) >= 11 is 0. The topological polar surface area (TPSA) is 79.3 Å². The Hall–Kier alpha value is -2.15. The fourth-order valence-corrected chi connectivity index (χ4v) is 3.20.